The van der Waals surface area contributed by atoms with Crippen LogP contribution >= 0.6 is 0 Å². The maximum Gasteiger partial charge on any atom is 0.330 e. The number of hydrogen-bond acceptors (Lipinski definition) is 4. The van der Waals surface area contributed by atoms with Crippen LogP contribution in [0, 0.1) is 22.7 Å². The highest BCUT2D eigenvalue weighted by Crippen LogP contribution is 2.89. The van der Waals surface area contributed by atoms with Crippen LogP contribution in [0.3, 0.4) is 0 Å². The summed E-state index contributed by atoms with van der Waals surface area (Å²) in [5, 5.41) is 0. The molecule has 1 aromatic heterocycles. The minimum absolute atomic E-state index is 0.103. The molecule has 6 heteroatoms. The third kappa shape index (κ3) is 2.08. The lowest BCUT2D eigenvalue weighted by Crippen LogP contribution is -2.90. The summed E-state index contributed by atoms with van der Waals surface area (Å²) in [5.41, 5.74) is 3.54. The van der Waals surface area contributed by atoms with Gasteiger partial charge in [0.25, 0.3) is 0 Å². The van der Waals surface area contributed by atoms with Crippen LogP contribution in [-0.2, 0) is 11.8 Å². The van der Waals surface area contributed by atoms with Gasteiger partial charge in [0.2, 0.25) is 0 Å². The summed E-state index contributed by atoms with van der Waals surface area (Å²) in [5.74, 6) is 2.37. The molecule has 4 aliphatic carbocycles. The smallest absolute Gasteiger partial charge is 0.330 e. The highest BCUT2D eigenvalue weighted by Gasteiger charge is 2.95. The van der Waals surface area contributed by atoms with E-state index in [1.807, 2.05) is 6.20 Å². The number of carbonyl (C=O) groups is 1. The van der Waals surface area contributed by atoms with Gasteiger partial charge in [-0.1, -0.05) is 26.3 Å². The normalized spacial score (nSPS) is 43.3. The molecule has 6 nitrogen and oxygen atoms in total. The fraction of sp³-hybridized carbons (Fsp3) is 0.667. The molecule has 7 atom stereocenters. The maximum atomic E-state index is 13.9. The highest BCUT2D eigenvalue weighted by molar-refractivity contribution is 5.80. The molecular formula is C30H38N4O2. The number of nitrogens with zero attached hydrogens (tertiary/aromatic N) is 4. The van der Waals surface area contributed by atoms with Crippen LogP contribution in [0.25, 0.3) is 0 Å². The zero-order valence-corrected chi connectivity index (χ0v) is 22.0. The van der Waals surface area contributed by atoms with E-state index in [2.05, 4.69) is 53.8 Å². The number of amides is 1. The molecule has 2 aliphatic heterocycles. The fourth-order valence-corrected chi connectivity index (χ4v) is 11.3. The second kappa shape index (κ2) is 6.56. The van der Waals surface area contributed by atoms with Crippen molar-refractivity contribution in [1.82, 2.24) is 19.4 Å². The standard InChI is InChI=1S/C30H38N4O2/c1-5-6-23-24-28(3,34(23)26(35)32-12-11-31-18-32)16-27(2)25-29(17-33(25)15-19-7-8-19)14-20-9-10-21(36-4)13-22(20)30(24,27)29/h9-13,18-19,23-25H,5-8,14-17H2,1-4H3. The Labute approximate surface area is 214 Å². The fourth-order valence-electron chi connectivity index (χ4n) is 11.3. The van der Waals surface area contributed by atoms with E-state index in [-0.39, 0.29) is 28.4 Å². The number of ether oxygens (including phenoxy) is 1. The Balaban J connectivity index is 1.30. The minimum atomic E-state index is -0.143. The Bertz CT molecular complexity index is 1270. The van der Waals surface area contributed by atoms with Crippen LogP contribution in [0.4, 0.5) is 4.79 Å². The first kappa shape index (κ1) is 21.7. The third-order valence-electron chi connectivity index (χ3n) is 11.7. The van der Waals surface area contributed by atoms with Crippen LogP contribution in [0.2, 0.25) is 0 Å². The maximum absolute atomic E-state index is 13.9. The lowest BCUT2D eigenvalue weighted by molar-refractivity contribution is -0.309. The van der Waals surface area contributed by atoms with E-state index in [0.29, 0.717) is 17.4 Å². The monoisotopic (exact) mass is 486 g/mol. The number of imidazole rings is 1. The summed E-state index contributed by atoms with van der Waals surface area (Å²) in [6, 6.07) is 7.90. The van der Waals surface area contributed by atoms with Crippen molar-refractivity contribution in [1.29, 1.82) is 0 Å². The van der Waals surface area contributed by atoms with Crippen molar-refractivity contribution in [2.24, 2.45) is 22.7 Å². The van der Waals surface area contributed by atoms with E-state index < -0.39 is 0 Å². The molecule has 36 heavy (non-hydrogen) atoms. The highest BCUT2D eigenvalue weighted by atomic mass is 16.5. The molecule has 6 aliphatic rings. The molecule has 0 bridgehead atoms. The molecule has 2 spiro atoms. The Kier molecular flexibility index (Phi) is 3.96. The van der Waals surface area contributed by atoms with E-state index in [1.54, 1.807) is 29.8 Å². The third-order valence-corrected chi connectivity index (χ3v) is 11.7. The van der Waals surface area contributed by atoms with Crippen molar-refractivity contribution < 1.29 is 9.53 Å². The molecule has 5 fully saturated rings. The molecule has 0 radical (unpaired) electrons. The molecule has 2 saturated heterocycles. The Morgan fingerprint density at radius 1 is 1.25 bits per heavy atom. The van der Waals surface area contributed by atoms with Crippen LogP contribution in [-0.4, -0.2) is 63.2 Å². The van der Waals surface area contributed by atoms with Gasteiger partial charge in [0.15, 0.2) is 0 Å². The summed E-state index contributed by atoms with van der Waals surface area (Å²) in [4.78, 5) is 23.2. The molecule has 1 aromatic carbocycles. The average Bonchev–Trinajstić information content (AvgIpc) is 3.33. The van der Waals surface area contributed by atoms with Crippen molar-refractivity contribution in [3.05, 3.63) is 48.0 Å². The van der Waals surface area contributed by atoms with Crippen LogP contribution in [0.1, 0.15) is 64.0 Å². The average molecular weight is 487 g/mol. The van der Waals surface area contributed by atoms with E-state index in [1.165, 1.54) is 37.9 Å². The minimum Gasteiger partial charge on any atom is -0.497 e. The van der Waals surface area contributed by atoms with Gasteiger partial charge in [0, 0.05) is 59.9 Å². The van der Waals surface area contributed by atoms with Crippen molar-refractivity contribution in [3.63, 3.8) is 0 Å². The van der Waals surface area contributed by atoms with Gasteiger partial charge in [-0.05, 0) is 73.6 Å². The molecule has 7 unspecified atom stereocenters. The van der Waals surface area contributed by atoms with Gasteiger partial charge in [0.1, 0.15) is 12.1 Å². The predicted octanol–water partition coefficient (Wildman–Crippen LogP) is 4.72. The number of hydrogen-bond donors (Lipinski definition) is 0. The van der Waals surface area contributed by atoms with Gasteiger partial charge in [-0.2, -0.15) is 0 Å². The topological polar surface area (TPSA) is 50.6 Å². The first-order valence-electron chi connectivity index (χ1n) is 14.1. The Morgan fingerprint density at radius 3 is 2.78 bits per heavy atom. The lowest BCUT2D eigenvalue weighted by Gasteiger charge is -2.82. The number of methoxy groups -OCH3 is 1. The number of benzene rings is 1. The van der Waals surface area contributed by atoms with Crippen molar-refractivity contribution in [2.75, 3.05) is 20.2 Å². The molecule has 3 heterocycles. The SMILES string of the molecule is CCCC1C2C(C)(CC3(C)C4N(CC5CC5)CC45Cc4ccc(OC)cc4C235)N1C(=O)n1ccnc1. The summed E-state index contributed by atoms with van der Waals surface area (Å²) in [7, 11) is 1.79. The zero-order valence-electron chi connectivity index (χ0n) is 22.0. The van der Waals surface area contributed by atoms with E-state index in [4.69, 9.17) is 4.74 Å². The molecule has 8 rings (SSSR count). The second-order valence-electron chi connectivity index (χ2n) is 13.3. The van der Waals surface area contributed by atoms with Crippen molar-refractivity contribution in [2.45, 2.75) is 82.3 Å². The van der Waals surface area contributed by atoms with Gasteiger partial charge in [0.05, 0.1) is 7.11 Å². The van der Waals surface area contributed by atoms with Gasteiger partial charge < -0.3 is 9.64 Å². The number of aromatic nitrogens is 2. The van der Waals surface area contributed by atoms with Gasteiger partial charge in [-0.15, -0.1) is 0 Å². The molecule has 3 saturated carbocycles. The molecular weight excluding hydrogens is 448 g/mol. The van der Waals surface area contributed by atoms with Crippen LogP contribution in [0.15, 0.2) is 36.9 Å². The number of piperidine rings is 1. The number of rotatable bonds is 5. The van der Waals surface area contributed by atoms with Gasteiger partial charge >= 0.3 is 6.03 Å². The summed E-state index contributed by atoms with van der Waals surface area (Å²) in [6.07, 6.45) is 12.4. The molecule has 1 amide bonds. The predicted molar refractivity (Wildman–Crippen MR) is 137 cm³/mol. The lowest BCUT2D eigenvalue weighted by atomic mass is 9.29. The Hall–Kier alpha value is -2.34. The molecule has 190 valence electrons. The number of fused-ring (bicyclic) bond motifs is 3. The molecule has 2 aromatic rings. The Morgan fingerprint density at radius 2 is 2.08 bits per heavy atom. The summed E-state index contributed by atoms with van der Waals surface area (Å²) < 4.78 is 7.48. The quantitative estimate of drug-likeness (QED) is 0.614. The zero-order chi connectivity index (χ0) is 24.7. The van der Waals surface area contributed by atoms with E-state index >= 15 is 0 Å². The van der Waals surface area contributed by atoms with Gasteiger partial charge in [-0.3, -0.25) is 9.47 Å². The number of carbonyl (C=O) groups excluding carboxylic acids is 1. The second-order valence-corrected chi connectivity index (χ2v) is 13.3. The first-order valence-corrected chi connectivity index (χ1v) is 14.1. The first-order chi connectivity index (χ1) is 17.4. The van der Waals surface area contributed by atoms with Crippen LogP contribution in [0.5, 0.6) is 5.75 Å². The summed E-state index contributed by atoms with van der Waals surface area (Å²) >= 11 is 0. The van der Waals surface area contributed by atoms with E-state index in [0.717, 1.165) is 30.9 Å². The van der Waals surface area contributed by atoms with Crippen LogP contribution < -0.4 is 4.74 Å². The summed E-state index contributed by atoms with van der Waals surface area (Å²) in [6.45, 7) is 9.77. The van der Waals surface area contributed by atoms with Gasteiger partial charge in [-0.25, -0.2) is 9.78 Å². The number of likely N-dealkylation sites (tertiary alicyclic amines) is 2. The molecule has 0 N–H and O–H groups in total. The van der Waals surface area contributed by atoms with Crippen molar-refractivity contribution in [3.8, 4) is 5.75 Å². The van der Waals surface area contributed by atoms with E-state index in [9.17, 15) is 4.79 Å². The van der Waals surface area contributed by atoms with Crippen molar-refractivity contribution >= 4 is 6.03 Å². The largest absolute Gasteiger partial charge is 0.497 e.